The fourth-order valence-electron chi connectivity index (χ4n) is 3.60. The molecule has 0 aliphatic rings. The first-order valence-electron chi connectivity index (χ1n) is 9.29. The largest absolute Gasteiger partial charge is 0.461 e. The van der Waals surface area contributed by atoms with Crippen molar-refractivity contribution in [3.63, 3.8) is 0 Å². The Hall–Kier alpha value is -2.47. The van der Waals surface area contributed by atoms with E-state index in [0.29, 0.717) is 6.42 Å². The molecule has 1 aromatic carbocycles. The van der Waals surface area contributed by atoms with Crippen molar-refractivity contribution in [2.75, 3.05) is 7.05 Å². The molecule has 0 unspecified atom stereocenters. The molecule has 2 heterocycles. The van der Waals surface area contributed by atoms with Gasteiger partial charge in [0.05, 0.1) is 11.6 Å². The van der Waals surface area contributed by atoms with Crippen LogP contribution in [-0.2, 0) is 15.1 Å². The second-order valence-electron chi connectivity index (χ2n) is 8.48. The van der Waals surface area contributed by atoms with Gasteiger partial charge in [-0.25, -0.2) is 14.3 Å². The van der Waals surface area contributed by atoms with Gasteiger partial charge in [-0.05, 0) is 62.6 Å². The minimum Gasteiger partial charge on any atom is -0.461 e. The summed E-state index contributed by atoms with van der Waals surface area (Å²) in [7, 11) is 1.82. The summed E-state index contributed by atoms with van der Waals surface area (Å²) >= 11 is 0. The first-order valence-corrected chi connectivity index (χ1v) is 9.29. The van der Waals surface area contributed by atoms with Gasteiger partial charge < -0.3 is 10.1 Å². The standard InChI is InChI=1S/C21H28N4O2/c1-14(2)27-19(26)21(22-6,12-20(3,4)5)16-8-9-17-15(11-16)7-10-18-23-13-24-25(17)18/h7-11,13-14,22H,12H2,1-6H3/t21-/m1/s1. The molecule has 6 heteroatoms. The molecule has 0 amide bonds. The number of hydrogen-bond acceptors (Lipinski definition) is 5. The Morgan fingerprint density at radius 3 is 2.59 bits per heavy atom. The van der Waals surface area contributed by atoms with E-state index in [-0.39, 0.29) is 17.5 Å². The smallest absolute Gasteiger partial charge is 0.331 e. The minimum absolute atomic E-state index is 0.0795. The molecule has 3 aromatic rings. The van der Waals surface area contributed by atoms with Gasteiger partial charge >= 0.3 is 5.97 Å². The highest BCUT2D eigenvalue weighted by molar-refractivity contribution is 5.87. The molecular formula is C21H28N4O2. The minimum atomic E-state index is -0.923. The van der Waals surface area contributed by atoms with Gasteiger partial charge in [0.2, 0.25) is 0 Å². The van der Waals surface area contributed by atoms with E-state index in [1.807, 2.05) is 51.2 Å². The van der Waals surface area contributed by atoms with Gasteiger partial charge in [0.15, 0.2) is 5.65 Å². The van der Waals surface area contributed by atoms with Crippen LogP contribution in [0.2, 0.25) is 0 Å². The van der Waals surface area contributed by atoms with Crippen molar-refractivity contribution in [3.8, 4) is 0 Å². The third-order valence-electron chi connectivity index (χ3n) is 4.65. The van der Waals surface area contributed by atoms with Crippen LogP contribution in [0.25, 0.3) is 16.6 Å². The SMILES string of the molecule is CN[C@@](CC(C)(C)C)(C(=O)OC(C)C)c1ccc2c(ccc3ncnn32)c1. The average molecular weight is 368 g/mol. The summed E-state index contributed by atoms with van der Waals surface area (Å²) in [6, 6.07) is 9.95. The quantitative estimate of drug-likeness (QED) is 0.696. The topological polar surface area (TPSA) is 68.5 Å². The first-order chi connectivity index (χ1) is 12.7. The normalized spacial score (nSPS) is 14.6. The number of carbonyl (C=O) groups is 1. The number of fused-ring (bicyclic) bond motifs is 3. The number of aromatic nitrogens is 3. The summed E-state index contributed by atoms with van der Waals surface area (Å²) in [4.78, 5) is 17.4. The Morgan fingerprint density at radius 1 is 1.22 bits per heavy atom. The third-order valence-corrected chi connectivity index (χ3v) is 4.65. The number of nitrogens with zero attached hydrogens (tertiary/aromatic N) is 3. The highest BCUT2D eigenvalue weighted by Crippen LogP contribution is 2.37. The average Bonchev–Trinajstić information content (AvgIpc) is 3.06. The highest BCUT2D eigenvalue weighted by Gasteiger charge is 2.44. The van der Waals surface area contributed by atoms with Gasteiger partial charge in [0.1, 0.15) is 11.9 Å². The van der Waals surface area contributed by atoms with E-state index in [1.54, 1.807) is 10.8 Å². The molecule has 1 N–H and O–H groups in total. The molecule has 0 radical (unpaired) electrons. The molecular weight excluding hydrogens is 340 g/mol. The van der Waals surface area contributed by atoms with Gasteiger partial charge in [0.25, 0.3) is 0 Å². The molecule has 27 heavy (non-hydrogen) atoms. The fourth-order valence-corrected chi connectivity index (χ4v) is 3.60. The maximum atomic E-state index is 13.2. The molecule has 0 spiro atoms. The molecule has 3 rings (SSSR count). The van der Waals surface area contributed by atoms with Crippen LogP contribution < -0.4 is 5.32 Å². The van der Waals surface area contributed by atoms with Crippen molar-refractivity contribution in [1.29, 1.82) is 0 Å². The van der Waals surface area contributed by atoms with Crippen LogP contribution in [0, 0.1) is 5.41 Å². The highest BCUT2D eigenvalue weighted by atomic mass is 16.5. The third kappa shape index (κ3) is 3.67. The van der Waals surface area contributed by atoms with Crippen molar-refractivity contribution < 1.29 is 9.53 Å². The Balaban J connectivity index is 2.18. The lowest BCUT2D eigenvalue weighted by Gasteiger charge is -2.37. The summed E-state index contributed by atoms with van der Waals surface area (Å²) in [6.45, 7) is 10.1. The number of pyridine rings is 1. The van der Waals surface area contributed by atoms with Crippen LogP contribution in [0.3, 0.4) is 0 Å². The lowest BCUT2D eigenvalue weighted by molar-refractivity contribution is -0.157. The van der Waals surface area contributed by atoms with Crippen molar-refractivity contribution in [3.05, 3.63) is 42.2 Å². The maximum absolute atomic E-state index is 13.2. The van der Waals surface area contributed by atoms with Crippen molar-refractivity contribution in [1.82, 2.24) is 19.9 Å². The van der Waals surface area contributed by atoms with E-state index in [4.69, 9.17) is 4.74 Å². The summed E-state index contributed by atoms with van der Waals surface area (Å²) in [5.41, 5.74) is 1.63. The fraction of sp³-hybridized carbons (Fsp3) is 0.476. The van der Waals surface area contributed by atoms with Crippen molar-refractivity contribution in [2.45, 2.75) is 52.7 Å². The number of esters is 1. The van der Waals surface area contributed by atoms with Crippen LogP contribution in [0.5, 0.6) is 0 Å². The molecule has 0 aliphatic carbocycles. The Labute approximate surface area is 159 Å². The molecule has 6 nitrogen and oxygen atoms in total. The van der Waals surface area contributed by atoms with Crippen LogP contribution in [0.15, 0.2) is 36.7 Å². The maximum Gasteiger partial charge on any atom is 0.331 e. The van der Waals surface area contributed by atoms with Crippen LogP contribution in [0.1, 0.15) is 46.6 Å². The monoisotopic (exact) mass is 368 g/mol. The molecule has 0 aliphatic heterocycles. The number of rotatable bonds is 5. The zero-order chi connectivity index (χ0) is 19.8. The van der Waals surface area contributed by atoms with E-state index < -0.39 is 5.54 Å². The second-order valence-corrected chi connectivity index (χ2v) is 8.48. The molecule has 0 saturated carbocycles. The first kappa shape index (κ1) is 19.3. The number of nitrogens with one attached hydrogen (secondary N) is 1. The Bertz CT molecular complexity index is 971. The molecule has 0 saturated heterocycles. The Morgan fingerprint density at radius 2 is 1.96 bits per heavy atom. The lowest BCUT2D eigenvalue weighted by Crippen LogP contribution is -2.51. The molecule has 2 aromatic heterocycles. The van der Waals surface area contributed by atoms with Gasteiger partial charge in [-0.3, -0.25) is 0 Å². The number of likely N-dealkylation sites (N-methyl/N-ethyl adjacent to an activating group) is 1. The summed E-state index contributed by atoms with van der Waals surface area (Å²) < 4.78 is 7.45. The zero-order valence-corrected chi connectivity index (χ0v) is 16.9. The van der Waals surface area contributed by atoms with Crippen LogP contribution in [-0.4, -0.2) is 33.7 Å². The van der Waals surface area contributed by atoms with E-state index in [1.165, 1.54) is 0 Å². The lowest BCUT2D eigenvalue weighted by atomic mass is 9.75. The molecule has 144 valence electrons. The van der Waals surface area contributed by atoms with E-state index in [2.05, 4.69) is 36.2 Å². The van der Waals surface area contributed by atoms with Gasteiger partial charge in [-0.15, -0.1) is 0 Å². The number of hydrogen-bond donors (Lipinski definition) is 1. The van der Waals surface area contributed by atoms with E-state index in [9.17, 15) is 4.79 Å². The molecule has 0 bridgehead atoms. The van der Waals surface area contributed by atoms with Crippen LogP contribution in [0.4, 0.5) is 0 Å². The second kappa shape index (κ2) is 6.93. The summed E-state index contributed by atoms with van der Waals surface area (Å²) in [5, 5.41) is 8.57. The Kier molecular flexibility index (Phi) is 4.95. The predicted octanol–water partition coefficient (Wildman–Crippen LogP) is 3.69. The van der Waals surface area contributed by atoms with E-state index in [0.717, 1.165) is 22.1 Å². The zero-order valence-electron chi connectivity index (χ0n) is 16.9. The summed E-state index contributed by atoms with van der Waals surface area (Å²) in [5.74, 6) is -0.254. The van der Waals surface area contributed by atoms with Gasteiger partial charge in [0, 0.05) is 5.39 Å². The predicted molar refractivity (Wildman–Crippen MR) is 107 cm³/mol. The number of ether oxygens (including phenoxy) is 1. The molecule has 1 atom stereocenters. The van der Waals surface area contributed by atoms with Gasteiger partial charge in [-0.2, -0.15) is 5.10 Å². The van der Waals surface area contributed by atoms with E-state index >= 15 is 0 Å². The number of benzene rings is 1. The number of carbonyl (C=O) groups excluding carboxylic acids is 1. The summed E-state index contributed by atoms with van der Waals surface area (Å²) in [6.07, 6.45) is 1.97. The molecule has 0 fully saturated rings. The van der Waals surface area contributed by atoms with Crippen molar-refractivity contribution in [2.24, 2.45) is 5.41 Å². The van der Waals surface area contributed by atoms with Crippen LogP contribution >= 0.6 is 0 Å². The van der Waals surface area contributed by atoms with Gasteiger partial charge in [-0.1, -0.05) is 26.8 Å². The van der Waals surface area contributed by atoms with Crippen molar-refractivity contribution >= 4 is 22.5 Å².